The lowest BCUT2D eigenvalue weighted by Gasteiger charge is -2.59. The van der Waals surface area contributed by atoms with Crippen LogP contribution in [0, 0.1) is 28.6 Å². The van der Waals surface area contributed by atoms with Crippen LogP contribution in [0.4, 0.5) is 0 Å². The minimum atomic E-state index is -0.953. The number of ether oxygens (including phenoxy) is 2. The highest BCUT2D eigenvalue weighted by molar-refractivity contribution is 5.92. The Balaban J connectivity index is 1.38. The van der Waals surface area contributed by atoms with Crippen molar-refractivity contribution >= 4 is 11.7 Å². The van der Waals surface area contributed by atoms with Gasteiger partial charge in [0.1, 0.15) is 11.7 Å². The Morgan fingerprint density at radius 3 is 2.54 bits per heavy atom. The molecule has 4 aliphatic carbocycles. The average molecular weight is 482 g/mol. The average Bonchev–Trinajstić information content (AvgIpc) is 3.10. The third-order valence-corrected chi connectivity index (χ3v) is 10.5. The fourth-order valence-electron chi connectivity index (χ4n) is 8.77. The molecule has 0 radical (unpaired) electrons. The summed E-state index contributed by atoms with van der Waals surface area (Å²) in [6.45, 7) is 6.40. The lowest BCUT2D eigenvalue weighted by atomic mass is 9.46. The molecule has 0 heterocycles. The number of benzene rings is 1. The Hall–Kier alpha value is -2.18. The summed E-state index contributed by atoms with van der Waals surface area (Å²) in [5, 5.41) is 24.4. The molecule has 0 saturated heterocycles. The minimum absolute atomic E-state index is 0.0784. The van der Waals surface area contributed by atoms with E-state index >= 15 is 0 Å². The van der Waals surface area contributed by atoms with Crippen LogP contribution in [-0.2, 0) is 9.47 Å². The summed E-state index contributed by atoms with van der Waals surface area (Å²) in [6, 6.07) is 9.23. The quantitative estimate of drug-likeness (QED) is 0.198. The van der Waals surface area contributed by atoms with E-state index in [1.165, 1.54) is 5.57 Å². The Labute approximate surface area is 208 Å². The molecule has 5 rings (SSSR count). The van der Waals surface area contributed by atoms with Crippen molar-refractivity contribution in [2.45, 2.75) is 83.5 Å². The van der Waals surface area contributed by atoms with Gasteiger partial charge in [-0.05, 0) is 80.8 Å². The third kappa shape index (κ3) is 3.43. The van der Waals surface area contributed by atoms with E-state index in [2.05, 4.69) is 25.1 Å². The summed E-state index contributed by atoms with van der Waals surface area (Å²) in [7, 11) is 1.63. The second-order valence-corrected chi connectivity index (χ2v) is 11.7. The van der Waals surface area contributed by atoms with E-state index in [0.29, 0.717) is 29.5 Å². The number of nitrogens with zero attached hydrogens (tertiary/aromatic N) is 1. The summed E-state index contributed by atoms with van der Waals surface area (Å²) < 4.78 is 12.0. The van der Waals surface area contributed by atoms with Crippen LogP contribution in [0.2, 0.25) is 0 Å². The van der Waals surface area contributed by atoms with Gasteiger partial charge in [-0.25, -0.2) is 4.79 Å². The molecular formula is C29H39NO5. The molecule has 0 aliphatic heterocycles. The van der Waals surface area contributed by atoms with Gasteiger partial charge in [-0.15, -0.1) is 0 Å². The van der Waals surface area contributed by atoms with Crippen molar-refractivity contribution in [3.63, 3.8) is 0 Å². The van der Waals surface area contributed by atoms with E-state index in [1.807, 2.05) is 18.2 Å². The van der Waals surface area contributed by atoms with Crippen LogP contribution >= 0.6 is 0 Å². The van der Waals surface area contributed by atoms with Crippen molar-refractivity contribution in [2.24, 2.45) is 33.7 Å². The number of rotatable bonds is 4. The fraction of sp³-hybridized carbons (Fsp3) is 0.655. The second kappa shape index (κ2) is 8.74. The molecule has 0 aromatic heterocycles. The predicted octanol–water partition coefficient (Wildman–Crippen LogP) is 5.38. The van der Waals surface area contributed by atoms with Crippen molar-refractivity contribution < 1.29 is 24.6 Å². The maximum atomic E-state index is 12.6. The van der Waals surface area contributed by atoms with Gasteiger partial charge in [0.25, 0.3) is 0 Å². The highest BCUT2D eigenvalue weighted by Gasteiger charge is 2.69. The molecule has 0 amide bonds. The first kappa shape index (κ1) is 24.5. The molecule has 0 spiro atoms. The monoisotopic (exact) mass is 481 g/mol. The molecule has 8 atom stereocenters. The maximum Gasteiger partial charge on any atom is 0.338 e. The SMILES string of the molecule is CO[C@]1(C(C)=NO)[C@H](O)C[C@@H]2[C@@H]3CC=C4C[C@@H](OC(=O)c5ccccc5)CC[C@]4(C)[C@@H]3CC[C@@]21C. The fourth-order valence-corrected chi connectivity index (χ4v) is 8.77. The number of carbonyl (C=O) groups is 1. The lowest BCUT2D eigenvalue weighted by Crippen LogP contribution is -2.60. The van der Waals surface area contributed by atoms with Crippen LogP contribution in [0.5, 0.6) is 0 Å². The van der Waals surface area contributed by atoms with Crippen molar-refractivity contribution in [3.8, 4) is 0 Å². The second-order valence-electron chi connectivity index (χ2n) is 11.7. The largest absolute Gasteiger partial charge is 0.458 e. The molecule has 0 unspecified atom stereocenters. The molecule has 2 N–H and O–H groups in total. The molecule has 1 aromatic rings. The van der Waals surface area contributed by atoms with Crippen LogP contribution in [-0.4, -0.2) is 46.9 Å². The number of carbonyl (C=O) groups excluding carboxylic acids is 1. The van der Waals surface area contributed by atoms with Crippen LogP contribution in [0.1, 0.15) is 76.1 Å². The smallest absolute Gasteiger partial charge is 0.338 e. The first-order chi connectivity index (χ1) is 16.7. The summed E-state index contributed by atoms with van der Waals surface area (Å²) in [5.41, 5.74) is 1.35. The predicted molar refractivity (Wildman–Crippen MR) is 133 cm³/mol. The summed E-state index contributed by atoms with van der Waals surface area (Å²) in [5.74, 6) is 1.02. The third-order valence-electron chi connectivity index (χ3n) is 10.5. The van der Waals surface area contributed by atoms with Gasteiger partial charge in [0.15, 0.2) is 0 Å². The van der Waals surface area contributed by atoms with Gasteiger partial charge in [-0.2, -0.15) is 0 Å². The van der Waals surface area contributed by atoms with Crippen molar-refractivity contribution in [2.75, 3.05) is 7.11 Å². The van der Waals surface area contributed by atoms with Crippen LogP contribution in [0.25, 0.3) is 0 Å². The van der Waals surface area contributed by atoms with E-state index in [-0.39, 0.29) is 28.8 Å². The van der Waals surface area contributed by atoms with E-state index in [9.17, 15) is 15.1 Å². The number of oxime groups is 1. The molecule has 4 aliphatic rings. The number of hydrogen-bond acceptors (Lipinski definition) is 6. The Morgan fingerprint density at radius 1 is 1.11 bits per heavy atom. The summed E-state index contributed by atoms with van der Waals surface area (Å²) >= 11 is 0. The van der Waals surface area contributed by atoms with Gasteiger partial charge in [-0.1, -0.05) is 48.9 Å². The number of allylic oxidation sites excluding steroid dienone is 1. The van der Waals surface area contributed by atoms with Gasteiger partial charge in [0, 0.05) is 18.9 Å². The van der Waals surface area contributed by atoms with Crippen LogP contribution in [0.3, 0.4) is 0 Å². The molecule has 35 heavy (non-hydrogen) atoms. The minimum Gasteiger partial charge on any atom is -0.458 e. The molecule has 6 nitrogen and oxygen atoms in total. The number of aliphatic hydroxyl groups is 1. The molecule has 0 bridgehead atoms. The van der Waals surface area contributed by atoms with Crippen LogP contribution in [0.15, 0.2) is 47.1 Å². The normalized spacial score (nSPS) is 42.9. The summed E-state index contributed by atoms with van der Waals surface area (Å²) in [6.07, 6.45) is 7.93. The molecule has 6 heteroatoms. The van der Waals surface area contributed by atoms with E-state index in [0.717, 1.165) is 38.5 Å². The lowest BCUT2D eigenvalue weighted by molar-refractivity contribution is -0.131. The maximum absolute atomic E-state index is 12.6. The number of aliphatic hydroxyl groups excluding tert-OH is 1. The van der Waals surface area contributed by atoms with Gasteiger partial charge in [-0.3, -0.25) is 0 Å². The van der Waals surface area contributed by atoms with E-state index < -0.39 is 11.7 Å². The molecule has 3 saturated carbocycles. The summed E-state index contributed by atoms with van der Waals surface area (Å²) in [4.78, 5) is 12.6. The Bertz CT molecular complexity index is 1040. The van der Waals surface area contributed by atoms with Gasteiger partial charge < -0.3 is 19.8 Å². The molecule has 1 aromatic carbocycles. The zero-order valence-electron chi connectivity index (χ0n) is 21.4. The van der Waals surface area contributed by atoms with Crippen molar-refractivity contribution in [1.82, 2.24) is 0 Å². The molecule has 190 valence electrons. The van der Waals surface area contributed by atoms with Gasteiger partial charge >= 0.3 is 5.97 Å². The van der Waals surface area contributed by atoms with E-state index in [4.69, 9.17) is 9.47 Å². The molecule has 3 fully saturated rings. The highest BCUT2D eigenvalue weighted by Crippen LogP contribution is 2.68. The zero-order chi connectivity index (χ0) is 25.0. The van der Waals surface area contributed by atoms with Gasteiger partial charge in [0.05, 0.1) is 17.4 Å². The number of hydrogen-bond donors (Lipinski definition) is 2. The van der Waals surface area contributed by atoms with Gasteiger partial charge in [0.2, 0.25) is 0 Å². The topological polar surface area (TPSA) is 88.3 Å². The number of fused-ring (bicyclic) bond motifs is 5. The Morgan fingerprint density at radius 2 is 1.86 bits per heavy atom. The van der Waals surface area contributed by atoms with Crippen molar-refractivity contribution in [1.29, 1.82) is 0 Å². The zero-order valence-corrected chi connectivity index (χ0v) is 21.4. The van der Waals surface area contributed by atoms with Crippen molar-refractivity contribution in [3.05, 3.63) is 47.5 Å². The first-order valence-corrected chi connectivity index (χ1v) is 13.1. The van der Waals surface area contributed by atoms with Crippen LogP contribution < -0.4 is 0 Å². The standard InChI is InChI=1S/C29H39NO5/c1-18(30-33)29(34-4)25(31)17-24-22-11-10-20-16-21(35-26(32)19-8-6-5-7-9-19)12-14-27(20,2)23(22)13-15-28(24,29)3/h5-10,21-25,31,33H,11-17H2,1-4H3/t21-,22+,23+,24+,25+,27-,28-,29+/m0/s1. The number of esters is 1. The molecular weight excluding hydrogens is 442 g/mol. The highest BCUT2D eigenvalue weighted by atomic mass is 16.5. The first-order valence-electron chi connectivity index (χ1n) is 13.1. The van der Waals surface area contributed by atoms with E-state index in [1.54, 1.807) is 26.2 Å². The number of methoxy groups -OCH3 is 1. The Kier molecular flexibility index (Phi) is 6.12.